The Labute approximate surface area is 120 Å². The number of benzene rings is 2. The van der Waals surface area contributed by atoms with Crippen molar-refractivity contribution in [1.82, 2.24) is 9.55 Å². The highest BCUT2D eigenvalue weighted by Crippen LogP contribution is 2.29. The summed E-state index contributed by atoms with van der Waals surface area (Å²) < 4.78 is 42.9. The van der Waals surface area contributed by atoms with Crippen LogP contribution in [0.15, 0.2) is 34.8 Å². The molecule has 0 aliphatic heterocycles. The van der Waals surface area contributed by atoms with Crippen LogP contribution in [0.2, 0.25) is 0 Å². The molecule has 0 aliphatic rings. The van der Waals surface area contributed by atoms with Crippen LogP contribution in [0.25, 0.3) is 16.7 Å². The third-order valence-electron chi connectivity index (χ3n) is 2.88. The Bertz CT molecular complexity index is 829. The molecule has 3 rings (SSSR count). The number of aromatic nitrogens is 2. The van der Waals surface area contributed by atoms with Crippen LogP contribution in [0, 0.1) is 17.5 Å². The SMILES string of the molecule is Nc1nc2ccc(F)c(F)c2n1-c1cc(Br)ccc1F. The van der Waals surface area contributed by atoms with Gasteiger partial charge in [-0.2, -0.15) is 0 Å². The molecule has 0 saturated heterocycles. The van der Waals surface area contributed by atoms with Crippen LogP contribution in [-0.2, 0) is 0 Å². The first kappa shape index (κ1) is 13.0. The van der Waals surface area contributed by atoms with E-state index in [9.17, 15) is 13.2 Å². The molecule has 1 heterocycles. The van der Waals surface area contributed by atoms with Crippen molar-refractivity contribution in [2.45, 2.75) is 0 Å². The van der Waals surface area contributed by atoms with E-state index in [1.807, 2.05) is 0 Å². The first-order valence-corrected chi connectivity index (χ1v) is 6.35. The second kappa shape index (κ2) is 4.52. The standard InChI is InChI=1S/C13H7BrF3N3/c14-6-1-2-7(15)10(5-6)20-12-9(19-13(20)18)4-3-8(16)11(12)17/h1-5H,(H2,18,19). The third-order valence-corrected chi connectivity index (χ3v) is 3.38. The molecule has 0 atom stereocenters. The summed E-state index contributed by atoms with van der Waals surface area (Å²) in [6.45, 7) is 0. The van der Waals surface area contributed by atoms with E-state index in [1.165, 1.54) is 24.3 Å². The molecule has 102 valence electrons. The molecule has 2 N–H and O–H groups in total. The van der Waals surface area contributed by atoms with Crippen molar-refractivity contribution in [3.63, 3.8) is 0 Å². The van der Waals surface area contributed by atoms with E-state index in [2.05, 4.69) is 20.9 Å². The van der Waals surface area contributed by atoms with Gasteiger partial charge in [0.25, 0.3) is 0 Å². The van der Waals surface area contributed by atoms with E-state index in [1.54, 1.807) is 0 Å². The molecular formula is C13H7BrF3N3. The van der Waals surface area contributed by atoms with Crippen molar-refractivity contribution >= 4 is 32.9 Å². The summed E-state index contributed by atoms with van der Waals surface area (Å²) in [6.07, 6.45) is 0. The summed E-state index contributed by atoms with van der Waals surface area (Å²) in [4.78, 5) is 3.91. The van der Waals surface area contributed by atoms with Gasteiger partial charge in [-0.05, 0) is 30.3 Å². The monoisotopic (exact) mass is 341 g/mol. The van der Waals surface area contributed by atoms with Crippen LogP contribution < -0.4 is 5.73 Å². The number of nitrogens with zero attached hydrogens (tertiary/aromatic N) is 2. The number of imidazole rings is 1. The Balaban J connectivity index is 2.44. The highest BCUT2D eigenvalue weighted by molar-refractivity contribution is 9.10. The smallest absolute Gasteiger partial charge is 0.206 e. The first-order valence-electron chi connectivity index (χ1n) is 5.56. The predicted octanol–water partition coefficient (Wildman–Crippen LogP) is 3.79. The molecule has 7 heteroatoms. The van der Waals surface area contributed by atoms with Crippen LogP contribution in [0.5, 0.6) is 0 Å². The van der Waals surface area contributed by atoms with Crippen molar-refractivity contribution in [2.24, 2.45) is 0 Å². The summed E-state index contributed by atoms with van der Waals surface area (Å²) in [5.74, 6) is -2.91. The quantitative estimate of drug-likeness (QED) is 0.731. The van der Waals surface area contributed by atoms with Gasteiger partial charge in [0, 0.05) is 4.47 Å². The maximum absolute atomic E-state index is 14.0. The number of anilines is 1. The van der Waals surface area contributed by atoms with E-state index in [-0.39, 0.29) is 22.7 Å². The van der Waals surface area contributed by atoms with Gasteiger partial charge in [-0.3, -0.25) is 4.57 Å². The Morgan fingerprint density at radius 1 is 1.05 bits per heavy atom. The molecule has 0 fully saturated rings. The first-order chi connectivity index (χ1) is 9.49. The fraction of sp³-hybridized carbons (Fsp3) is 0. The summed E-state index contributed by atoms with van der Waals surface area (Å²) in [7, 11) is 0. The molecule has 0 amide bonds. The molecule has 0 saturated carbocycles. The van der Waals surface area contributed by atoms with E-state index < -0.39 is 17.5 Å². The van der Waals surface area contributed by atoms with Gasteiger partial charge >= 0.3 is 0 Å². The van der Waals surface area contributed by atoms with Gasteiger partial charge < -0.3 is 5.73 Å². The minimum Gasteiger partial charge on any atom is -0.369 e. The van der Waals surface area contributed by atoms with E-state index in [4.69, 9.17) is 5.73 Å². The van der Waals surface area contributed by atoms with Crippen molar-refractivity contribution < 1.29 is 13.2 Å². The zero-order valence-corrected chi connectivity index (χ0v) is 11.5. The number of rotatable bonds is 1. The minimum atomic E-state index is -1.12. The topological polar surface area (TPSA) is 43.8 Å². The van der Waals surface area contributed by atoms with Gasteiger partial charge in [-0.1, -0.05) is 15.9 Å². The fourth-order valence-corrected chi connectivity index (χ4v) is 2.37. The van der Waals surface area contributed by atoms with E-state index in [0.29, 0.717) is 4.47 Å². The zero-order chi connectivity index (χ0) is 14.4. The normalized spacial score (nSPS) is 11.2. The van der Waals surface area contributed by atoms with Crippen molar-refractivity contribution in [3.8, 4) is 5.69 Å². The second-order valence-electron chi connectivity index (χ2n) is 4.13. The Kier molecular flexibility index (Phi) is 2.93. The lowest BCUT2D eigenvalue weighted by atomic mass is 10.2. The van der Waals surface area contributed by atoms with Crippen LogP contribution in [-0.4, -0.2) is 9.55 Å². The number of hydrogen-bond donors (Lipinski definition) is 1. The van der Waals surface area contributed by atoms with E-state index >= 15 is 0 Å². The highest BCUT2D eigenvalue weighted by atomic mass is 79.9. The Hall–Kier alpha value is -2.02. The molecule has 2 aromatic carbocycles. The summed E-state index contributed by atoms with van der Waals surface area (Å²) in [5.41, 5.74) is 5.65. The van der Waals surface area contributed by atoms with Crippen molar-refractivity contribution in [2.75, 3.05) is 5.73 Å². The Morgan fingerprint density at radius 2 is 1.75 bits per heavy atom. The Morgan fingerprint density at radius 3 is 2.50 bits per heavy atom. The lowest BCUT2D eigenvalue weighted by Crippen LogP contribution is -2.04. The van der Waals surface area contributed by atoms with Crippen LogP contribution in [0.4, 0.5) is 19.1 Å². The molecule has 1 aromatic heterocycles. The van der Waals surface area contributed by atoms with Crippen molar-refractivity contribution in [3.05, 3.63) is 52.3 Å². The lowest BCUT2D eigenvalue weighted by Gasteiger charge is -2.09. The van der Waals surface area contributed by atoms with Gasteiger partial charge in [0.1, 0.15) is 11.3 Å². The van der Waals surface area contributed by atoms with Crippen molar-refractivity contribution in [1.29, 1.82) is 0 Å². The number of nitrogen functional groups attached to an aromatic ring is 1. The molecule has 3 aromatic rings. The summed E-state index contributed by atoms with van der Waals surface area (Å²) in [5, 5.41) is 0. The molecule has 3 nitrogen and oxygen atoms in total. The zero-order valence-electron chi connectivity index (χ0n) is 9.87. The molecule has 20 heavy (non-hydrogen) atoms. The van der Waals surface area contributed by atoms with Gasteiger partial charge in [0.05, 0.1) is 11.2 Å². The van der Waals surface area contributed by atoms with Gasteiger partial charge in [-0.25, -0.2) is 18.2 Å². The molecule has 0 bridgehead atoms. The molecule has 0 spiro atoms. The lowest BCUT2D eigenvalue weighted by molar-refractivity contribution is 0.514. The number of halogens is 4. The molecular weight excluding hydrogens is 335 g/mol. The minimum absolute atomic E-state index is 0.0103. The molecule has 0 radical (unpaired) electrons. The highest BCUT2D eigenvalue weighted by Gasteiger charge is 2.19. The summed E-state index contributed by atoms with van der Waals surface area (Å²) in [6, 6.07) is 6.34. The fourth-order valence-electron chi connectivity index (χ4n) is 2.02. The average Bonchev–Trinajstić information content (AvgIpc) is 2.74. The second-order valence-corrected chi connectivity index (χ2v) is 5.05. The van der Waals surface area contributed by atoms with Gasteiger partial charge in [-0.15, -0.1) is 0 Å². The number of nitrogens with two attached hydrogens (primary N) is 1. The number of fused-ring (bicyclic) bond motifs is 1. The largest absolute Gasteiger partial charge is 0.369 e. The van der Waals surface area contributed by atoms with Gasteiger partial charge in [0.2, 0.25) is 5.95 Å². The third kappa shape index (κ3) is 1.85. The maximum Gasteiger partial charge on any atom is 0.206 e. The number of hydrogen-bond acceptors (Lipinski definition) is 2. The summed E-state index contributed by atoms with van der Waals surface area (Å²) >= 11 is 3.19. The molecule has 0 unspecified atom stereocenters. The van der Waals surface area contributed by atoms with Crippen LogP contribution in [0.3, 0.4) is 0 Å². The predicted molar refractivity (Wildman–Crippen MR) is 73.1 cm³/mol. The van der Waals surface area contributed by atoms with Gasteiger partial charge in [0.15, 0.2) is 11.6 Å². The van der Waals surface area contributed by atoms with Crippen LogP contribution in [0.1, 0.15) is 0 Å². The maximum atomic E-state index is 14.0. The molecule has 0 aliphatic carbocycles. The van der Waals surface area contributed by atoms with Crippen LogP contribution >= 0.6 is 15.9 Å². The van der Waals surface area contributed by atoms with E-state index in [0.717, 1.165) is 10.6 Å². The average molecular weight is 342 g/mol.